The number of hydrogen-bond donors (Lipinski definition) is 0. The van der Waals surface area contributed by atoms with Gasteiger partial charge in [0.2, 0.25) is 0 Å². The molecule has 0 aromatic carbocycles. The largest absolute Gasteiger partial charge is 0.268 e. The third kappa shape index (κ3) is 2.11. The third-order valence-electron chi connectivity index (χ3n) is 1.27. The molecule has 1 saturated carbocycles. The van der Waals surface area contributed by atoms with Gasteiger partial charge >= 0.3 is 0 Å². The second kappa shape index (κ2) is 2.36. The summed E-state index contributed by atoms with van der Waals surface area (Å²) in [5.74, 6) is -0.0124. The molecule has 0 saturated heterocycles. The average Bonchev–Trinajstić information content (AvgIpc) is 2.47. The molecule has 0 amide bonds. The first-order valence-corrected chi connectivity index (χ1v) is 5.05. The Hall–Kier alpha value is 0.200. The molecular weight excluding hydrogens is 176 g/mol. The van der Waals surface area contributed by atoms with E-state index < -0.39 is 15.2 Å². The van der Waals surface area contributed by atoms with Crippen molar-refractivity contribution in [1.82, 2.24) is 0 Å². The summed E-state index contributed by atoms with van der Waals surface area (Å²) in [7, 11) is -3.35. The van der Waals surface area contributed by atoms with E-state index in [1.165, 1.54) is 6.92 Å². The first-order valence-electron chi connectivity index (χ1n) is 3.10. The number of halogens is 1. The molecule has 10 heavy (non-hydrogen) atoms. The summed E-state index contributed by atoms with van der Waals surface area (Å²) in [6.07, 6.45) is 1.27. The molecule has 1 aliphatic rings. The quantitative estimate of drug-likeness (QED) is 0.487. The van der Waals surface area contributed by atoms with Crippen molar-refractivity contribution in [2.75, 3.05) is 5.75 Å². The standard InChI is InChI=1S/C5H9ClO3S/c1-2-10(7,8)9-5(6)3-4-5/h2-4H2,1H3. The van der Waals surface area contributed by atoms with Crippen molar-refractivity contribution in [3.05, 3.63) is 0 Å². The Kier molecular flexibility index (Phi) is 1.96. The van der Waals surface area contributed by atoms with E-state index in [0.29, 0.717) is 12.8 Å². The maximum Gasteiger partial charge on any atom is 0.268 e. The molecule has 0 unspecified atom stereocenters. The zero-order valence-corrected chi connectivity index (χ0v) is 7.20. The summed E-state index contributed by atoms with van der Waals surface area (Å²) >= 11 is 5.61. The van der Waals surface area contributed by atoms with Crippen molar-refractivity contribution >= 4 is 21.7 Å². The van der Waals surface area contributed by atoms with E-state index in [4.69, 9.17) is 11.6 Å². The van der Waals surface area contributed by atoms with Crippen molar-refractivity contribution in [2.45, 2.75) is 24.8 Å². The Bertz CT molecular complexity index is 217. The molecule has 1 aliphatic carbocycles. The maximum atomic E-state index is 10.7. The molecule has 1 rings (SSSR count). The Morgan fingerprint density at radius 1 is 1.60 bits per heavy atom. The smallest absolute Gasteiger partial charge is 0.247 e. The molecular formula is C5H9ClO3S. The van der Waals surface area contributed by atoms with Gasteiger partial charge in [0.1, 0.15) is 0 Å². The zero-order valence-electron chi connectivity index (χ0n) is 5.63. The minimum Gasteiger partial charge on any atom is -0.247 e. The second-order valence-electron chi connectivity index (χ2n) is 2.31. The molecule has 0 bridgehead atoms. The molecule has 3 nitrogen and oxygen atoms in total. The van der Waals surface area contributed by atoms with Crippen molar-refractivity contribution in [3.63, 3.8) is 0 Å². The molecule has 0 N–H and O–H groups in total. The highest BCUT2D eigenvalue weighted by Crippen LogP contribution is 2.44. The van der Waals surface area contributed by atoms with Crippen LogP contribution in [0.15, 0.2) is 0 Å². The summed E-state index contributed by atoms with van der Waals surface area (Å²) in [6.45, 7) is 1.53. The van der Waals surface area contributed by atoms with Crippen LogP contribution in [0.4, 0.5) is 0 Å². The SMILES string of the molecule is CCS(=O)(=O)OC1(Cl)CC1. The normalized spacial score (nSPS) is 22.6. The number of rotatable bonds is 3. The topological polar surface area (TPSA) is 43.4 Å². The lowest BCUT2D eigenvalue weighted by Crippen LogP contribution is -2.15. The Labute approximate surface area is 65.4 Å². The van der Waals surface area contributed by atoms with Gasteiger partial charge in [0.15, 0.2) is 5.06 Å². The molecule has 0 aromatic rings. The maximum absolute atomic E-state index is 10.7. The molecule has 0 aromatic heterocycles. The lowest BCUT2D eigenvalue weighted by atomic mass is 10.8. The van der Waals surface area contributed by atoms with Crippen LogP contribution in [0.5, 0.6) is 0 Å². The monoisotopic (exact) mass is 184 g/mol. The highest BCUT2D eigenvalue weighted by molar-refractivity contribution is 7.86. The third-order valence-corrected chi connectivity index (χ3v) is 3.10. The van der Waals surface area contributed by atoms with Crippen LogP contribution in [0, 0.1) is 0 Å². The van der Waals surface area contributed by atoms with Gasteiger partial charge in [-0.3, -0.25) is 0 Å². The fraction of sp³-hybridized carbons (Fsp3) is 1.00. The van der Waals surface area contributed by atoms with Crippen LogP contribution in [-0.2, 0) is 14.3 Å². The highest BCUT2D eigenvalue weighted by atomic mass is 35.5. The lowest BCUT2D eigenvalue weighted by molar-refractivity contribution is 0.270. The molecule has 60 valence electrons. The van der Waals surface area contributed by atoms with Crippen LogP contribution in [-0.4, -0.2) is 19.2 Å². The Morgan fingerprint density at radius 2 is 2.10 bits per heavy atom. The van der Waals surface area contributed by atoms with Gasteiger partial charge in [-0.25, -0.2) is 4.18 Å². The average molecular weight is 185 g/mol. The van der Waals surface area contributed by atoms with Gasteiger partial charge in [-0.1, -0.05) is 11.6 Å². The van der Waals surface area contributed by atoms with Crippen molar-refractivity contribution < 1.29 is 12.6 Å². The first-order chi connectivity index (χ1) is 4.47. The Morgan fingerprint density at radius 3 is 2.40 bits per heavy atom. The molecule has 0 spiro atoms. The predicted octanol–water partition coefficient (Wildman–Crippen LogP) is 1.08. The van der Waals surface area contributed by atoms with Crippen molar-refractivity contribution in [1.29, 1.82) is 0 Å². The molecule has 0 aliphatic heterocycles. The summed E-state index contributed by atoms with van der Waals surface area (Å²) in [5, 5.41) is -0.880. The predicted molar refractivity (Wildman–Crippen MR) is 38.4 cm³/mol. The molecule has 0 atom stereocenters. The fourth-order valence-electron chi connectivity index (χ4n) is 0.468. The van der Waals surface area contributed by atoms with E-state index in [2.05, 4.69) is 4.18 Å². The Balaban J connectivity index is 2.53. The van der Waals surface area contributed by atoms with E-state index in [1.54, 1.807) is 0 Å². The minimum atomic E-state index is -3.35. The number of alkyl halides is 1. The van der Waals surface area contributed by atoms with Crippen LogP contribution in [0.3, 0.4) is 0 Å². The fourth-order valence-corrected chi connectivity index (χ4v) is 1.59. The van der Waals surface area contributed by atoms with E-state index in [0.717, 1.165) is 0 Å². The van der Waals surface area contributed by atoms with Crippen LogP contribution >= 0.6 is 11.6 Å². The van der Waals surface area contributed by atoms with Gasteiger partial charge in [0.25, 0.3) is 10.1 Å². The van der Waals surface area contributed by atoms with Crippen LogP contribution in [0.2, 0.25) is 0 Å². The van der Waals surface area contributed by atoms with Crippen molar-refractivity contribution in [2.24, 2.45) is 0 Å². The summed E-state index contributed by atoms with van der Waals surface area (Å²) in [6, 6.07) is 0. The van der Waals surface area contributed by atoms with Gasteiger partial charge in [-0.15, -0.1) is 0 Å². The zero-order chi connectivity index (χ0) is 7.83. The lowest BCUT2D eigenvalue weighted by Gasteiger charge is -2.05. The van der Waals surface area contributed by atoms with Crippen LogP contribution < -0.4 is 0 Å². The van der Waals surface area contributed by atoms with E-state index in [9.17, 15) is 8.42 Å². The van der Waals surface area contributed by atoms with Gasteiger partial charge in [0.05, 0.1) is 5.75 Å². The molecule has 0 radical (unpaired) electrons. The van der Waals surface area contributed by atoms with E-state index in [1.807, 2.05) is 0 Å². The summed E-state index contributed by atoms with van der Waals surface area (Å²) < 4.78 is 26.1. The van der Waals surface area contributed by atoms with E-state index >= 15 is 0 Å². The number of hydrogen-bond acceptors (Lipinski definition) is 3. The summed E-state index contributed by atoms with van der Waals surface area (Å²) in [5.41, 5.74) is 0. The minimum absolute atomic E-state index is 0.0124. The molecule has 1 fully saturated rings. The van der Waals surface area contributed by atoms with Gasteiger partial charge in [-0.05, 0) is 19.8 Å². The summed E-state index contributed by atoms with van der Waals surface area (Å²) in [4.78, 5) is 0. The van der Waals surface area contributed by atoms with Crippen molar-refractivity contribution in [3.8, 4) is 0 Å². The van der Waals surface area contributed by atoms with Crippen LogP contribution in [0.25, 0.3) is 0 Å². The highest BCUT2D eigenvalue weighted by Gasteiger charge is 2.45. The van der Waals surface area contributed by atoms with Gasteiger partial charge in [-0.2, -0.15) is 8.42 Å². The second-order valence-corrected chi connectivity index (χ2v) is 4.86. The first kappa shape index (κ1) is 8.30. The van der Waals surface area contributed by atoms with Gasteiger partial charge in [0, 0.05) is 0 Å². The molecule has 5 heteroatoms. The molecule has 0 heterocycles. The van der Waals surface area contributed by atoms with E-state index in [-0.39, 0.29) is 5.75 Å². The van der Waals surface area contributed by atoms with Crippen LogP contribution in [0.1, 0.15) is 19.8 Å². The van der Waals surface area contributed by atoms with Gasteiger partial charge < -0.3 is 0 Å².